The number of aliphatic imine (C=N–C) groups is 1. The highest BCUT2D eigenvalue weighted by Crippen LogP contribution is 2.15. The minimum Gasteiger partial charge on any atom is -0.481 e. The van der Waals surface area contributed by atoms with Crippen LogP contribution < -0.4 is 4.74 Å². The van der Waals surface area contributed by atoms with Crippen LogP contribution in [0.4, 0.5) is 5.69 Å². The van der Waals surface area contributed by atoms with Crippen LogP contribution in [0.5, 0.6) is 5.75 Å². The van der Waals surface area contributed by atoms with E-state index in [1.807, 2.05) is 84.9 Å². The molecule has 0 unspecified atom stereocenters. The van der Waals surface area contributed by atoms with Gasteiger partial charge < -0.3 is 4.74 Å². The van der Waals surface area contributed by atoms with E-state index >= 15 is 0 Å². The summed E-state index contributed by atoms with van der Waals surface area (Å²) in [5, 5.41) is 0. The normalized spacial score (nSPS) is 10.7. The van der Waals surface area contributed by atoms with E-state index in [9.17, 15) is 0 Å². The molecule has 0 saturated carbocycles. The summed E-state index contributed by atoms with van der Waals surface area (Å²) in [6.45, 7) is 0.314. The van der Waals surface area contributed by atoms with E-state index in [4.69, 9.17) is 4.74 Å². The van der Waals surface area contributed by atoms with E-state index in [2.05, 4.69) is 32.8 Å². The van der Waals surface area contributed by atoms with Gasteiger partial charge in [-0.15, -0.1) is 0 Å². The van der Waals surface area contributed by atoms with Gasteiger partial charge in [0.05, 0.1) is 5.69 Å². The Morgan fingerprint density at radius 1 is 0.840 bits per heavy atom. The summed E-state index contributed by atoms with van der Waals surface area (Å²) in [5.74, 6) is 6.99. The van der Waals surface area contributed by atoms with Crippen LogP contribution in [-0.2, 0) is 0 Å². The van der Waals surface area contributed by atoms with Gasteiger partial charge in [-0.25, -0.2) is 4.99 Å². The summed E-state index contributed by atoms with van der Waals surface area (Å²) in [6.07, 6.45) is 0. The quantitative estimate of drug-likeness (QED) is 0.417. The van der Waals surface area contributed by atoms with Crippen LogP contribution in [0.1, 0.15) is 5.56 Å². The van der Waals surface area contributed by atoms with Crippen molar-refractivity contribution in [2.24, 2.45) is 4.99 Å². The van der Waals surface area contributed by atoms with Gasteiger partial charge in [-0.05, 0) is 42.3 Å². The Bertz CT molecular complexity index is 892. The molecule has 0 fully saturated rings. The smallest absolute Gasteiger partial charge is 0.149 e. The molecular formula is C22H16BrNO. The molecule has 0 N–H and O–H groups in total. The summed E-state index contributed by atoms with van der Waals surface area (Å²) in [7, 11) is 0. The molecule has 0 atom stereocenters. The van der Waals surface area contributed by atoms with Gasteiger partial charge in [0.25, 0.3) is 0 Å². The molecule has 0 aromatic heterocycles. The lowest BCUT2D eigenvalue weighted by Crippen LogP contribution is -1.99. The van der Waals surface area contributed by atoms with Crippen molar-refractivity contribution < 1.29 is 4.74 Å². The molecule has 0 saturated heterocycles. The van der Waals surface area contributed by atoms with Crippen LogP contribution in [0.15, 0.2) is 94.4 Å². The topological polar surface area (TPSA) is 21.6 Å². The number of ether oxygens (including phenoxy) is 1. The van der Waals surface area contributed by atoms with E-state index in [1.165, 1.54) is 0 Å². The zero-order valence-electron chi connectivity index (χ0n) is 13.5. The summed E-state index contributed by atoms with van der Waals surface area (Å²) >= 11 is 3.46. The number of hydrogen-bond donors (Lipinski definition) is 0. The van der Waals surface area contributed by atoms with Crippen LogP contribution in [0.3, 0.4) is 0 Å². The predicted molar refractivity (Wildman–Crippen MR) is 106 cm³/mol. The highest BCUT2D eigenvalue weighted by atomic mass is 79.9. The molecule has 3 aromatic rings. The Kier molecular flexibility index (Phi) is 6.03. The lowest BCUT2D eigenvalue weighted by atomic mass is 10.1. The molecule has 0 bridgehead atoms. The lowest BCUT2D eigenvalue weighted by Gasteiger charge is -2.02. The number of rotatable bonds is 4. The van der Waals surface area contributed by atoms with E-state index in [1.54, 1.807) is 0 Å². The third-order valence-electron chi connectivity index (χ3n) is 3.38. The van der Waals surface area contributed by atoms with Gasteiger partial charge in [0.2, 0.25) is 0 Å². The monoisotopic (exact) mass is 389 g/mol. The predicted octanol–water partition coefficient (Wildman–Crippen LogP) is 5.65. The molecule has 0 radical (unpaired) electrons. The Balaban J connectivity index is 1.81. The van der Waals surface area contributed by atoms with Gasteiger partial charge in [-0.2, -0.15) is 0 Å². The highest BCUT2D eigenvalue weighted by Gasteiger charge is 2.01. The van der Waals surface area contributed by atoms with E-state index in [-0.39, 0.29) is 0 Å². The second kappa shape index (κ2) is 8.86. The van der Waals surface area contributed by atoms with Gasteiger partial charge in [-0.3, -0.25) is 0 Å². The zero-order valence-corrected chi connectivity index (χ0v) is 15.1. The Morgan fingerprint density at radius 2 is 1.48 bits per heavy atom. The number of halogens is 1. The van der Waals surface area contributed by atoms with Crippen molar-refractivity contribution >= 4 is 27.3 Å². The number of para-hydroxylation sites is 2. The fraction of sp³-hybridized carbons (Fsp3) is 0.0455. The highest BCUT2D eigenvalue weighted by molar-refractivity contribution is 9.10. The van der Waals surface area contributed by atoms with Gasteiger partial charge in [0.1, 0.15) is 18.1 Å². The van der Waals surface area contributed by atoms with E-state index in [0.29, 0.717) is 6.61 Å². The van der Waals surface area contributed by atoms with Gasteiger partial charge in [0.15, 0.2) is 0 Å². The average Bonchev–Trinajstić information content (AvgIpc) is 2.67. The maximum Gasteiger partial charge on any atom is 0.149 e. The summed E-state index contributed by atoms with van der Waals surface area (Å²) in [4.78, 5) is 4.68. The lowest BCUT2D eigenvalue weighted by molar-refractivity contribution is 0.370. The van der Waals surface area contributed by atoms with Gasteiger partial charge >= 0.3 is 0 Å². The molecule has 25 heavy (non-hydrogen) atoms. The second-order valence-corrected chi connectivity index (χ2v) is 6.12. The first kappa shape index (κ1) is 17.0. The maximum atomic E-state index is 5.63. The van der Waals surface area contributed by atoms with E-state index in [0.717, 1.165) is 27.2 Å². The molecule has 122 valence electrons. The summed E-state index contributed by atoms with van der Waals surface area (Å²) in [5.41, 5.74) is 2.56. The first-order valence-electron chi connectivity index (χ1n) is 7.88. The molecule has 3 heteroatoms. The van der Waals surface area contributed by atoms with E-state index < -0.39 is 0 Å². The first-order valence-corrected chi connectivity index (χ1v) is 8.67. The molecule has 3 rings (SSSR count). The standard InChI is InChI=1S/C22H16BrNO/c23-19-15-13-18(14-16-19)22(24-20-8-3-1-4-9-20)12-7-17-25-21-10-5-2-6-11-21/h1-6,8-11,13-16H,17H2. The minimum atomic E-state index is 0.314. The van der Waals surface area contributed by atoms with Crippen molar-refractivity contribution in [3.05, 3.63) is 95.0 Å². The second-order valence-electron chi connectivity index (χ2n) is 5.21. The molecule has 0 aliphatic rings. The number of hydrogen-bond acceptors (Lipinski definition) is 2. The van der Waals surface area contributed by atoms with Crippen molar-refractivity contribution in [3.63, 3.8) is 0 Å². The number of nitrogens with zero attached hydrogens (tertiary/aromatic N) is 1. The third-order valence-corrected chi connectivity index (χ3v) is 3.90. The third kappa shape index (κ3) is 5.34. The largest absolute Gasteiger partial charge is 0.481 e. The average molecular weight is 390 g/mol. The van der Waals surface area contributed by atoms with Crippen LogP contribution in [0.2, 0.25) is 0 Å². The minimum absolute atomic E-state index is 0.314. The van der Waals surface area contributed by atoms with Crippen molar-refractivity contribution in [2.45, 2.75) is 0 Å². The number of benzene rings is 3. The molecule has 0 amide bonds. The molecule has 3 aromatic carbocycles. The Labute approximate surface area is 156 Å². The van der Waals surface area contributed by atoms with Crippen LogP contribution in [0.25, 0.3) is 0 Å². The SMILES string of the molecule is Brc1ccc(C(C#CCOc2ccccc2)=Nc2ccccc2)cc1. The fourth-order valence-corrected chi connectivity index (χ4v) is 2.42. The molecule has 0 spiro atoms. The van der Waals surface area contributed by atoms with Gasteiger partial charge in [-0.1, -0.05) is 70.4 Å². The zero-order chi connectivity index (χ0) is 17.3. The summed E-state index contributed by atoms with van der Waals surface area (Å²) < 4.78 is 6.65. The van der Waals surface area contributed by atoms with Crippen LogP contribution >= 0.6 is 15.9 Å². The van der Waals surface area contributed by atoms with Crippen molar-refractivity contribution in [1.82, 2.24) is 0 Å². The van der Waals surface area contributed by atoms with Gasteiger partial charge in [0, 0.05) is 10.0 Å². The van der Waals surface area contributed by atoms with Crippen LogP contribution in [0, 0.1) is 11.8 Å². The van der Waals surface area contributed by atoms with Crippen molar-refractivity contribution in [1.29, 1.82) is 0 Å². The van der Waals surface area contributed by atoms with Crippen molar-refractivity contribution in [2.75, 3.05) is 6.61 Å². The fourth-order valence-electron chi connectivity index (χ4n) is 2.16. The maximum absolute atomic E-state index is 5.63. The molecule has 0 aliphatic carbocycles. The Hall–Kier alpha value is -2.83. The molecule has 0 heterocycles. The molecule has 2 nitrogen and oxygen atoms in total. The first-order chi connectivity index (χ1) is 12.3. The molecule has 0 aliphatic heterocycles. The molecular weight excluding hydrogens is 374 g/mol. The summed E-state index contributed by atoms with van der Waals surface area (Å²) in [6, 6.07) is 27.4. The van der Waals surface area contributed by atoms with Crippen molar-refractivity contribution in [3.8, 4) is 17.6 Å². The Morgan fingerprint density at radius 3 is 2.16 bits per heavy atom. The van der Waals surface area contributed by atoms with Crippen LogP contribution in [-0.4, -0.2) is 12.3 Å².